The van der Waals surface area contributed by atoms with Crippen molar-refractivity contribution < 1.29 is 46.6 Å². The average molecular weight is 618 g/mol. The maximum Gasteiger partial charge on any atom is 0.459 e. The lowest BCUT2D eigenvalue weighted by molar-refractivity contribution is -0.149. The van der Waals surface area contributed by atoms with Gasteiger partial charge in [-0.25, -0.2) is 9.36 Å². The molecule has 3 N–H and O–H groups in total. The van der Waals surface area contributed by atoms with Crippen LogP contribution in [0.2, 0.25) is 0 Å². The van der Waals surface area contributed by atoms with E-state index in [0.29, 0.717) is 4.57 Å². The fourth-order valence-corrected chi connectivity index (χ4v) is 5.24. The van der Waals surface area contributed by atoms with Crippen LogP contribution >= 0.6 is 7.75 Å². The highest BCUT2D eigenvalue weighted by atomic mass is 31.2. The maximum atomic E-state index is 15.1. The van der Waals surface area contributed by atoms with Gasteiger partial charge in [0.1, 0.15) is 23.7 Å². The molecule has 1 aliphatic rings. The van der Waals surface area contributed by atoms with Crippen LogP contribution in [0.1, 0.15) is 27.0 Å². The summed E-state index contributed by atoms with van der Waals surface area (Å²) < 4.78 is 65.5. The van der Waals surface area contributed by atoms with E-state index in [1.54, 1.807) is 51.0 Å². The Morgan fingerprint density at radius 1 is 1.21 bits per heavy atom. The lowest BCUT2D eigenvalue weighted by Gasteiger charge is -2.25. The minimum absolute atomic E-state index is 0.00711. The van der Waals surface area contributed by atoms with E-state index >= 15 is 8.78 Å². The number of likely N-dealkylation sites (N-methyl/N-ethyl adjacent to an activating group) is 1. The summed E-state index contributed by atoms with van der Waals surface area (Å²) in [7, 11) is -1.15. The molecule has 14 nitrogen and oxygen atoms in total. The number of nitrogens with one attached hydrogen (secondary N) is 2. The quantitative estimate of drug-likeness (QED) is 0.220. The van der Waals surface area contributed by atoms with Gasteiger partial charge in [-0.05, 0) is 53.1 Å². The van der Waals surface area contributed by atoms with Gasteiger partial charge in [0.15, 0.2) is 6.10 Å². The number of hydrogen-bond donors (Lipinski definition) is 3. The summed E-state index contributed by atoms with van der Waals surface area (Å²) in [5.74, 6) is -5.37. The van der Waals surface area contributed by atoms with Crippen molar-refractivity contribution >= 4 is 25.4 Å². The molecule has 1 fully saturated rings. The van der Waals surface area contributed by atoms with Crippen LogP contribution < -0.4 is 20.6 Å². The standard InChI is InChI=1S/C25H34F2N5O9P/c1-15(2)39-22(35)16(3)30-42(37,41-17-9-7-6-8-10-17)38-14-18-21(34)25(26,27)23(40-18)32-12-11-19(29-24(32)36)28-20(33)13-31(4)5/h6-12,15-16,18,21,23,34H,13-14H2,1-5H3,(H,30,37)(H,28,29,33,36)/t16-,18+,21+,23+,42-/m0/s1. The molecule has 2 heterocycles. The fourth-order valence-electron chi connectivity index (χ4n) is 3.74. The first-order chi connectivity index (χ1) is 19.6. The Balaban J connectivity index is 1.77. The molecule has 42 heavy (non-hydrogen) atoms. The topological polar surface area (TPSA) is 171 Å². The number of ether oxygens (including phenoxy) is 2. The highest BCUT2D eigenvalue weighted by molar-refractivity contribution is 7.52. The normalized spacial score (nSPS) is 22.0. The van der Waals surface area contributed by atoms with E-state index in [2.05, 4.69) is 15.4 Å². The van der Waals surface area contributed by atoms with E-state index in [1.165, 1.54) is 19.1 Å². The first kappa shape index (κ1) is 33.2. The van der Waals surface area contributed by atoms with Gasteiger partial charge in [0.25, 0.3) is 0 Å². The van der Waals surface area contributed by atoms with Crippen LogP contribution in [0.3, 0.4) is 0 Å². The van der Waals surface area contributed by atoms with Crippen LogP contribution in [0.25, 0.3) is 0 Å². The molecule has 1 aromatic carbocycles. The predicted octanol–water partition coefficient (Wildman–Crippen LogP) is 1.77. The number of esters is 1. The number of carbonyl (C=O) groups is 2. The van der Waals surface area contributed by atoms with Crippen molar-refractivity contribution in [1.82, 2.24) is 19.5 Å². The number of benzene rings is 1. The summed E-state index contributed by atoms with van der Waals surface area (Å²) in [5.41, 5.74) is -1.19. The molecule has 0 bridgehead atoms. The largest absolute Gasteiger partial charge is 0.462 e. The van der Waals surface area contributed by atoms with Crippen LogP contribution in [0.5, 0.6) is 5.75 Å². The second kappa shape index (κ2) is 13.8. The number of anilines is 1. The monoisotopic (exact) mass is 617 g/mol. The fraction of sp³-hybridized carbons (Fsp3) is 0.520. The summed E-state index contributed by atoms with van der Waals surface area (Å²) >= 11 is 0. The SMILES string of the molecule is CC(C)OC(=O)[C@H](C)N[P@](=O)(OC[C@H]1O[C@@H](n2ccc(NC(=O)CN(C)C)nc2=O)C(F)(F)[C@@H]1O)Oc1ccccc1. The van der Waals surface area contributed by atoms with Gasteiger partial charge in [-0.15, -0.1) is 0 Å². The van der Waals surface area contributed by atoms with E-state index in [9.17, 15) is 24.1 Å². The molecule has 0 radical (unpaired) electrons. The molecule has 5 atom stereocenters. The molecule has 1 aromatic heterocycles. The highest BCUT2D eigenvalue weighted by Gasteiger charge is 2.60. The minimum atomic E-state index is -4.46. The lowest BCUT2D eigenvalue weighted by Crippen LogP contribution is -2.42. The zero-order valence-corrected chi connectivity index (χ0v) is 24.5. The molecule has 232 valence electrons. The van der Waals surface area contributed by atoms with Gasteiger partial charge < -0.3 is 29.3 Å². The van der Waals surface area contributed by atoms with Crippen molar-refractivity contribution in [2.45, 2.75) is 57.3 Å². The Morgan fingerprint density at radius 2 is 1.88 bits per heavy atom. The maximum absolute atomic E-state index is 15.1. The summed E-state index contributed by atoms with van der Waals surface area (Å²) in [4.78, 5) is 42.0. The van der Waals surface area contributed by atoms with E-state index in [-0.39, 0.29) is 18.1 Å². The zero-order chi connectivity index (χ0) is 31.2. The summed E-state index contributed by atoms with van der Waals surface area (Å²) in [6.07, 6.45) is -6.14. The van der Waals surface area contributed by atoms with Gasteiger partial charge in [-0.2, -0.15) is 18.9 Å². The molecule has 0 unspecified atom stereocenters. The van der Waals surface area contributed by atoms with Gasteiger partial charge in [-0.3, -0.25) is 18.7 Å². The Labute approximate surface area is 240 Å². The van der Waals surface area contributed by atoms with Crippen LogP contribution in [0.4, 0.5) is 14.6 Å². The van der Waals surface area contributed by atoms with E-state index in [4.69, 9.17) is 18.5 Å². The average Bonchev–Trinajstić information content (AvgIpc) is 3.10. The smallest absolute Gasteiger partial charge is 0.459 e. The van der Waals surface area contributed by atoms with Gasteiger partial charge in [0.05, 0.1) is 19.3 Å². The second-order valence-electron chi connectivity index (χ2n) is 9.97. The first-order valence-electron chi connectivity index (χ1n) is 12.8. The highest BCUT2D eigenvalue weighted by Crippen LogP contribution is 2.48. The molecule has 2 aromatic rings. The third-order valence-corrected chi connectivity index (χ3v) is 7.27. The number of hydrogen-bond acceptors (Lipinski definition) is 11. The number of alkyl halides is 2. The van der Waals surface area contributed by atoms with Crippen LogP contribution in [-0.4, -0.2) is 89.0 Å². The predicted molar refractivity (Wildman–Crippen MR) is 145 cm³/mol. The minimum Gasteiger partial charge on any atom is -0.462 e. The van der Waals surface area contributed by atoms with Crippen molar-refractivity contribution in [2.24, 2.45) is 0 Å². The first-order valence-corrected chi connectivity index (χ1v) is 14.4. The number of carbonyl (C=O) groups excluding carboxylic acids is 2. The molecule has 0 saturated carbocycles. The molecule has 3 rings (SSSR count). The number of aliphatic hydroxyl groups excluding tert-OH is 1. The molecule has 1 saturated heterocycles. The van der Waals surface area contributed by atoms with Crippen LogP contribution in [0, 0.1) is 0 Å². The van der Waals surface area contributed by atoms with Crippen molar-refractivity contribution in [1.29, 1.82) is 0 Å². The summed E-state index contributed by atoms with van der Waals surface area (Å²) in [5, 5.41) is 15.1. The number of aromatic nitrogens is 2. The number of para-hydroxylation sites is 1. The van der Waals surface area contributed by atoms with Gasteiger partial charge in [-0.1, -0.05) is 18.2 Å². The van der Waals surface area contributed by atoms with E-state index in [1.807, 2.05) is 0 Å². The lowest BCUT2D eigenvalue weighted by atomic mass is 10.1. The summed E-state index contributed by atoms with van der Waals surface area (Å²) in [6.45, 7) is 3.68. The molecule has 17 heteroatoms. The Kier molecular flexibility index (Phi) is 10.9. The third-order valence-electron chi connectivity index (χ3n) is 5.62. The number of aliphatic hydroxyl groups is 1. The second-order valence-corrected chi connectivity index (χ2v) is 11.7. The number of rotatable bonds is 13. The molecule has 1 aliphatic heterocycles. The molecule has 0 spiro atoms. The van der Waals surface area contributed by atoms with Crippen LogP contribution in [0.15, 0.2) is 47.4 Å². The van der Waals surface area contributed by atoms with E-state index < -0.39 is 68.4 Å². The zero-order valence-electron chi connectivity index (χ0n) is 23.6. The van der Waals surface area contributed by atoms with Gasteiger partial charge in [0.2, 0.25) is 12.1 Å². The molecular weight excluding hydrogens is 583 g/mol. The summed E-state index contributed by atoms with van der Waals surface area (Å²) in [6, 6.07) is 7.64. The molecule has 1 amide bonds. The van der Waals surface area contributed by atoms with Crippen LogP contribution in [-0.2, 0) is 28.2 Å². The van der Waals surface area contributed by atoms with E-state index in [0.717, 1.165) is 12.3 Å². The number of halogens is 2. The van der Waals surface area contributed by atoms with Gasteiger partial charge in [0, 0.05) is 6.20 Å². The Bertz CT molecular complexity index is 1350. The third kappa shape index (κ3) is 8.63. The van der Waals surface area contributed by atoms with Gasteiger partial charge >= 0.3 is 25.3 Å². The Hall–Kier alpha value is -3.27. The number of amides is 1. The molecule has 0 aliphatic carbocycles. The van der Waals surface area contributed by atoms with Crippen molar-refractivity contribution in [3.63, 3.8) is 0 Å². The van der Waals surface area contributed by atoms with Crippen molar-refractivity contribution in [2.75, 3.05) is 32.6 Å². The van der Waals surface area contributed by atoms with Crippen molar-refractivity contribution in [3.05, 3.63) is 53.1 Å². The van der Waals surface area contributed by atoms with Crippen molar-refractivity contribution in [3.8, 4) is 5.75 Å². The Morgan fingerprint density at radius 3 is 2.48 bits per heavy atom. The number of nitrogens with zero attached hydrogens (tertiary/aromatic N) is 3. The molecular formula is C25H34F2N5O9P.